The lowest BCUT2D eigenvalue weighted by Crippen LogP contribution is -2.21. The Bertz CT molecular complexity index is 1150. The van der Waals surface area contributed by atoms with Crippen molar-refractivity contribution in [2.45, 2.75) is 45.6 Å². The molecule has 0 unspecified atom stereocenters. The van der Waals surface area contributed by atoms with Crippen molar-refractivity contribution in [1.29, 1.82) is 5.26 Å². The Balaban J connectivity index is 1.47. The number of rotatable bonds is 6. The number of nitrogens with zero attached hydrogens (tertiary/aromatic N) is 4. The Kier molecular flexibility index (Phi) is 6.34. The molecule has 5 nitrogen and oxygen atoms in total. The first kappa shape index (κ1) is 22.1. The topological polar surface area (TPSA) is 62.0 Å². The smallest absolute Gasteiger partial charge is 0.225 e. The normalized spacial score (nSPS) is 13.8. The van der Waals surface area contributed by atoms with Crippen molar-refractivity contribution in [3.63, 3.8) is 0 Å². The molecule has 2 heterocycles. The number of aromatic nitrogens is 2. The van der Waals surface area contributed by atoms with Crippen LogP contribution in [0.2, 0.25) is 5.02 Å². The summed E-state index contributed by atoms with van der Waals surface area (Å²) in [5.41, 5.74) is 4.11. The molecule has 0 radical (unpaired) electrons. The average Bonchev–Trinajstić information content (AvgIpc) is 3.35. The summed E-state index contributed by atoms with van der Waals surface area (Å²) in [6, 6.07) is 16.1. The largest absolute Gasteiger partial charge is 0.487 e. The summed E-state index contributed by atoms with van der Waals surface area (Å²) in [5.74, 6) is 1.57. The number of hydrogen-bond acceptors (Lipinski definition) is 5. The Morgan fingerprint density at radius 1 is 1.09 bits per heavy atom. The van der Waals surface area contributed by atoms with E-state index < -0.39 is 0 Å². The van der Waals surface area contributed by atoms with Gasteiger partial charge in [0.05, 0.1) is 17.3 Å². The fourth-order valence-corrected chi connectivity index (χ4v) is 4.20. The molecular weight excluding hydrogens is 420 g/mol. The van der Waals surface area contributed by atoms with Crippen LogP contribution in [0.25, 0.3) is 0 Å². The first-order chi connectivity index (χ1) is 15.4. The van der Waals surface area contributed by atoms with Crippen LogP contribution in [-0.2, 0) is 12.0 Å². The van der Waals surface area contributed by atoms with Crippen LogP contribution in [0.1, 0.15) is 54.6 Å². The Morgan fingerprint density at radius 3 is 2.50 bits per heavy atom. The lowest BCUT2D eigenvalue weighted by molar-refractivity contribution is 0.301. The minimum absolute atomic E-state index is 0.307. The lowest BCUT2D eigenvalue weighted by atomic mass is 9.77. The van der Waals surface area contributed by atoms with Gasteiger partial charge in [-0.2, -0.15) is 5.26 Å². The van der Waals surface area contributed by atoms with Crippen molar-refractivity contribution < 1.29 is 4.74 Å². The summed E-state index contributed by atoms with van der Waals surface area (Å²) in [5, 5.41) is 10.1. The van der Waals surface area contributed by atoms with Crippen molar-refractivity contribution in [3.8, 4) is 11.8 Å². The third-order valence-corrected chi connectivity index (χ3v) is 6.63. The standard InChI is InChI=1S/C26H27ClN4O/c1-18-19(16-28)14-21(15-24(18)27)26(2,3)20-6-8-23(9-7-20)32-17-22-10-11-29-25(30-22)31-12-4-5-13-31/h6-11,14-15H,4-5,12-13,17H2,1-3H3. The number of nitriles is 1. The Labute approximate surface area is 194 Å². The first-order valence-electron chi connectivity index (χ1n) is 10.9. The number of hydrogen-bond donors (Lipinski definition) is 0. The molecule has 0 N–H and O–H groups in total. The van der Waals surface area contributed by atoms with Crippen LogP contribution in [-0.4, -0.2) is 23.1 Å². The van der Waals surface area contributed by atoms with E-state index in [-0.39, 0.29) is 5.41 Å². The van der Waals surface area contributed by atoms with Gasteiger partial charge >= 0.3 is 0 Å². The maximum absolute atomic E-state index is 9.43. The molecular formula is C26H27ClN4O. The molecule has 3 aromatic rings. The van der Waals surface area contributed by atoms with Crippen molar-refractivity contribution in [2.75, 3.05) is 18.0 Å². The van der Waals surface area contributed by atoms with Crippen molar-refractivity contribution in [1.82, 2.24) is 9.97 Å². The highest BCUT2D eigenvalue weighted by Gasteiger charge is 2.25. The molecule has 1 aliphatic rings. The molecule has 164 valence electrons. The van der Waals surface area contributed by atoms with E-state index in [1.165, 1.54) is 12.8 Å². The van der Waals surface area contributed by atoms with E-state index >= 15 is 0 Å². The summed E-state index contributed by atoms with van der Waals surface area (Å²) in [4.78, 5) is 11.3. The second kappa shape index (κ2) is 9.18. The van der Waals surface area contributed by atoms with E-state index in [0.29, 0.717) is 17.2 Å². The molecule has 0 bridgehead atoms. The van der Waals surface area contributed by atoms with Crippen molar-refractivity contribution in [2.24, 2.45) is 0 Å². The predicted octanol–water partition coefficient (Wildman–Crippen LogP) is 5.82. The molecule has 1 aromatic heterocycles. The van der Waals surface area contributed by atoms with Gasteiger partial charge in [-0.1, -0.05) is 37.6 Å². The Morgan fingerprint density at radius 2 is 1.81 bits per heavy atom. The maximum atomic E-state index is 9.43. The fourth-order valence-electron chi connectivity index (χ4n) is 3.98. The minimum atomic E-state index is -0.307. The van der Waals surface area contributed by atoms with E-state index in [2.05, 4.69) is 46.9 Å². The van der Waals surface area contributed by atoms with Gasteiger partial charge in [0, 0.05) is 29.7 Å². The minimum Gasteiger partial charge on any atom is -0.487 e. The molecule has 4 rings (SSSR count). The molecule has 0 amide bonds. The SMILES string of the molecule is Cc1c(Cl)cc(C(C)(C)c2ccc(OCc3ccnc(N4CCCC4)n3)cc2)cc1C#N. The van der Waals surface area contributed by atoms with Crippen LogP contribution < -0.4 is 9.64 Å². The molecule has 0 aliphatic carbocycles. The van der Waals surface area contributed by atoms with Crippen LogP contribution in [0.3, 0.4) is 0 Å². The average molecular weight is 447 g/mol. The molecule has 2 aromatic carbocycles. The van der Waals surface area contributed by atoms with E-state index in [1.54, 1.807) is 6.20 Å². The van der Waals surface area contributed by atoms with Crippen molar-refractivity contribution >= 4 is 17.5 Å². The monoisotopic (exact) mass is 446 g/mol. The first-order valence-corrected chi connectivity index (χ1v) is 11.3. The van der Waals surface area contributed by atoms with Gasteiger partial charge in [-0.3, -0.25) is 0 Å². The molecule has 0 atom stereocenters. The van der Waals surface area contributed by atoms with E-state index in [0.717, 1.165) is 47.2 Å². The fraction of sp³-hybridized carbons (Fsp3) is 0.346. The van der Waals surface area contributed by atoms with E-state index in [4.69, 9.17) is 16.3 Å². The zero-order valence-corrected chi connectivity index (χ0v) is 19.5. The number of halogens is 1. The van der Waals surface area contributed by atoms with Gasteiger partial charge in [-0.05, 0) is 66.8 Å². The quantitative estimate of drug-likeness (QED) is 0.477. The highest BCUT2D eigenvalue weighted by atomic mass is 35.5. The lowest BCUT2D eigenvalue weighted by Gasteiger charge is -2.27. The summed E-state index contributed by atoms with van der Waals surface area (Å²) >= 11 is 6.38. The van der Waals surface area contributed by atoms with Gasteiger partial charge in [0.15, 0.2) is 0 Å². The molecule has 32 heavy (non-hydrogen) atoms. The van der Waals surface area contributed by atoms with Gasteiger partial charge in [-0.15, -0.1) is 0 Å². The van der Waals surface area contributed by atoms with Gasteiger partial charge in [0.25, 0.3) is 0 Å². The molecule has 1 aliphatic heterocycles. The summed E-state index contributed by atoms with van der Waals surface area (Å²) in [6.07, 6.45) is 4.19. The van der Waals surface area contributed by atoms with Crippen LogP contribution in [0, 0.1) is 18.3 Å². The molecule has 6 heteroatoms. The third-order valence-electron chi connectivity index (χ3n) is 6.24. The van der Waals surface area contributed by atoms with Gasteiger partial charge in [0.1, 0.15) is 12.4 Å². The van der Waals surface area contributed by atoms with Gasteiger partial charge < -0.3 is 9.64 Å². The second-order valence-corrected chi connectivity index (χ2v) is 9.13. The number of benzene rings is 2. The highest BCUT2D eigenvalue weighted by Crippen LogP contribution is 2.35. The molecule has 1 fully saturated rings. The van der Waals surface area contributed by atoms with Crippen LogP contribution in [0.4, 0.5) is 5.95 Å². The van der Waals surface area contributed by atoms with E-state index in [9.17, 15) is 5.26 Å². The maximum Gasteiger partial charge on any atom is 0.225 e. The van der Waals surface area contributed by atoms with Gasteiger partial charge in [0.2, 0.25) is 5.95 Å². The van der Waals surface area contributed by atoms with Crippen LogP contribution >= 0.6 is 11.6 Å². The Hall–Kier alpha value is -3.10. The number of ether oxygens (including phenoxy) is 1. The summed E-state index contributed by atoms with van der Waals surface area (Å²) < 4.78 is 5.98. The summed E-state index contributed by atoms with van der Waals surface area (Å²) in [7, 11) is 0. The van der Waals surface area contributed by atoms with E-state index in [1.807, 2.05) is 37.3 Å². The highest BCUT2D eigenvalue weighted by molar-refractivity contribution is 6.31. The molecule has 0 spiro atoms. The predicted molar refractivity (Wildman–Crippen MR) is 127 cm³/mol. The zero-order valence-electron chi connectivity index (χ0n) is 18.7. The molecule has 0 saturated carbocycles. The van der Waals surface area contributed by atoms with Crippen molar-refractivity contribution in [3.05, 3.63) is 81.6 Å². The summed E-state index contributed by atoms with van der Waals surface area (Å²) in [6.45, 7) is 8.56. The van der Waals surface area contributed by atoms with Gasteiger partial charge in [-0.25, -0.2) is 9.97 Å². The van der Waals surface area contributed by atoms with Crippen LogP contribution in [0.15, 0.2) is 48.7 Å². The molecule has 1 saturated heterocycles. The second-order valence-electron chi connectivity index (χ2n) is 8.72. The number of anilines is 1. The third kappa shape index (κ3) is 4.56. The zero-order chi connectivity index (χ0) is 22.7. The van der Waals surface area contributed by atoms with Crippen LogP contribution in [0.5, 0.6) is 5.75 Å².